The van der Waals surface area contributed by atoms with Crippen molar-refractivity contribution in [2.45, 2.75) is 30.9 Å². The third-order valence-corrected chi connectivity index (χ3v) is 7.32. The summed E-state index contributed by atoms with van der Waals surface area (Å²) in [5, 5.41) is 12.3. The Labute approximate surface area is 155 Å². The first-order chi connectivity index (χ1) is 12.0. The monoisotopic (exact) mass is 393 g/mol. The van der Waals surface area contributed by atoms with E-state index in [0.717, 1.165) is 26.6 Å². The lowest BCUT2D eigenvalue weighted by molar-refractivity contribution is 0.228. The SMILES string of the molecule is CCc1ccc(S(=O)(=O)NCc2ccc(C(O)c3cccs3)s2)cc1. The van der Waals surface area contributed by atoms with Crippen molar-refractivity contribution in [2.75, 3.05) is 0 Å². The molecule has 1 atom stereocenters. The van der Waals surface area contributed by atoms with Gasteiger partial charge < -0.3 is 5.11 Å². The fraction of sp³-hybridized carbons (Fsp3) is 0.222. The number of rotatable bonds is 7. The smallest absolute Gasteiger partial charge is 0.240 e. The van der Waals surface area contributed by atoms with Gasteiger partial charge in [-0.15, -0.1) is 22.7 Å². The molecule has 0 aliphatic carbocycles. The lowest BCUT2D eigenvalue weighted by Gasteiger charge is -2.07. The summed E-state index contributed by atoms with van der Waals surface area (Å²) in [4.78, 5) is 2.81. The Balaban J connectivity index is 1.66. The van der Waals surface area contributed by atoms with Crippen molar-refractivity contribution < 1.29 is 13.5 Å². The molecule has 4 nitrogen and oxygen atoms in total. The van der Waals surface area contributed by atoms with Crippen LogP contribution in [0.5, 0.6) is 0 Å². The summed E-state index contributed by atoms with van der Waals surface area (Å²) in [5.41, 5.74) is 1.10. The summed E-state index contributed by atoms with van der Waals surface area (Å²) in [6.45, 7) is 2.24. The Hall–Kier alpha value is -1.51. The number of hydrogen-bond acceptors (Lipinski definition) is 5. The molecule has 7 heteroatoms. The number of sulfonamides is 1. The van der Waals surface area contributed by atoms with Crippen LogP contribution in [0.4, 0.5) is 0 Å². The Morgan fingerprint density at radius 3 is 2.48 bits per heavy atom. The van der Waals surface area contributed by atoms with Gasteiger partial charge in [-0.05, 0) is 47.7 Å². The third kappa shape index (κ3) is 4.37. The first kappa shape index (κ1) is 18.3. The zero-order chi connectivity index (χ0) is 17.9. The quantitative estimate of drug-likeness (QED) is 0.639. The second-order valence-corrected chi connectivity index (χ2v) is 9.49. The van der Waals surface area contributed by atoms with Gasteiger partial charge in [-0.25, -0.2) is 13.1 Å². The molecule has 0 fully saturated rings. The Kier molecular flexibility index (Phi) is 5.71. The van der Waals surface area contributed by atoms with E-state index in [1.807, 2.05) is 48.7 Å². The summed E-state index contributed by atoms with van der Waals surface area (Å²) in [6.07, 6.45) is 0.218. The normalized spacial score (nSPS) is 13.0. The van der Waals surface area contributed by atoms with E-state index in [1.165, 1.54) is 22.7 Å². The number of aliphatic hydroxyl groups excluding tert-OH is 1. The van der Waals surface area contributed by atoms with Crippen molar-refractivity contribution in [3.8, 4) is 0 Å². The van der Waals surface area contributed by atoms with Gasteiger partial charge in [-0.3, -0.25) is 0 Å². The zero-order valence-electron chi connectivity index (χ0n) is 13.7. The molecule has 2 heterocycles. The molecular weight excluding hydrogens is 374 g/mol. The van der Waals surface area contributed by atoms with E-state index in [9.17, 15) is 13.5 Å². The van der Waals surface area contributed by atoms with E-state index in [-0.39, 0.29) is 11.4 Å². The maximum Gasteiger partial charge on any atom is 0.240 e. The van der Waals surface area contributed by atoms with Gasteiger partial charge in [-0.1, -0.05) is 25.1 Å². The van der Waals surface area contributed by atoms with Crippen LogP contribution in [0.1, 0.15) is 33.2 Å². The molecule has 0 amide bonds. The number of aryl methyl sites for hydroxylation is 1. The number of benzene rings is 1. The molecule has 3 aromatic rings. The predicted molar refractivity (Wildman–Crippen MR) is 103 cm³/mol. The molecule has 0 aliphatic rings. The van der Waals surface area contributed by atoms with E-state index < -0.39 is 16.1 Å². The fourth-order valence-electron chi connectivity index (χ4n) is 2.38. The summed E-state index contributed by atoms with van der Waals surface area (Å²) >= 11 is 2.91. The number of thiophene rings is 2. The highest BCUT2D eigenvalue weighted by atomic mass is 32.2. The topological polar surface area (TPSA) is 66.4 Å². The Bertz CT molecular complexity index is 913. The largest absolute Gasteiger partial charge is 0.382 e. The highest BCUT2D eigenvalue weighted by Gasteiger charge is 2.16. The lowest BCUT2D eigenvalue weighted by atomic mass is 10.2. The Morgan fingerprint density at radius 1 is 1.08 bits per heavy atom. The van der Waals surface area contributed by atoms with Gasteiger partial charge in [0.1, 0.15) is 6.10 Å². The zero-order valence-corrected chi connectivity index (χ0v) is 16.1. The average Bonchev–Trinajstić information content (AvgIpc) is 3.31. The Morgan fingerprint density at radius 2 is 1.84 bits per heavy atom. The van der Waals surface area contributed by atoms with Crippen LogP contribution < -0.4 is 4.72 Å². The van der Waals surface area contributed by atoms with Gasteiger partial charge >= 0.3 is 0 Å². The minimum atomic E-state index is -3.54. The van der Waals surface area contributed by atoms with Gasteiger partial charge in [0.25, 0.3) is 0 Å². The molecule has 25 heavy (non-hydrogen) atoms. The predicted octanol–water partition coefficient (Wildman–Crippen LogP) is 3.93. The van der Waals surface area contributed by atoms with E-state index in [4.69, 9.17) is 0 Å². The minimum Gasteiger partial charge on any atom is -0.382 e. The van der Waals surface area contributed by atoms with E-state index in [0.29, 0.717) is 0 Å². The number of nitrogens with one attached hydrogen (secondary N) is 1. The molecular formula is C18H19NO3S3. The van der Waals surface area contributed by atoms with Gasteiger partial charge in [0.2, 0.25) is 10.0 Å². The molecule has 0 aliphatic heterocycles. The number of aliphatic hydroxyl groups is 1. The highest BCUT2D eigenvalue weighted by molar-refractivity contribution is 7.89. The fourth-order valence-corrected chi connectivity index (χ4v) is 5.23. The summed E-state index contributed by atoms with van der Waals surface area (Å²) in [7, 11) is -3.54. The maximum atomic E-state index is 12.4. The van der Waals surface area contributed by atoms with Gasteiger partial charge in [0.15, 0.2) is 0 Å². The first-order valence-electron chi connectivity index (χ1n) is 7.88. The molecule has 0 spiro atoms. The third-order valence-electron chi connectivity index (χ3n) is 3.84. The van der Waals surface area contributed by atoms with Crippen molar-refractivity contribution in [1.29, 1.82) is 0 Å². The molecule has 2 aromatic heterocycles. The van der Waals surface area contributed by atoms with Crippen molar-refractivity contribution in [2.24, 2.45) is 0 Å². The lowest BCUT2D eigenvalue weighted by Crippen LogP contribution is -2.22. The van der Waals surface area contributed by atoms with Crippen LogP contribution in [0.15, 0.2) is 58.8 Å². The summed E-state index contributed by atoms with van der Waals surface area (Å²) in [5.74, 6) is 0. The van der Waals surface area contributed by atoms with Crippen molar-refractivity contribution >= 4 is 32.7 Å². The van der Waals surface area contributed by atoms with Crippen LogP contribution in [0.2, 0.25) is 0 Å². The van der Waals surface area contributed by atoms with Gasteiger partial charge in [0, 0.05) is 21.2 Å². The molecule has 1 aromatic carbocycles. The summed E-state index contributed by atoms with van der Waals surface area (Å²) in [6, 6.07) is 14.4. The maximum absolute atomic E-state index is 12.4. The number of hydrogen-bond donors (Lipinski definition) is 2. The molecule has 0 saturated carbocycles. The van der Waals surface area contributed by atoms with Crippen LogP contribution in [0, 0.1) is 0 Å². The molecule has 0 saturated heterocycles. The molecule has 1 unspecified atom stereocenters. The standard InChI is InChI=1S/C18H19NO3S3/c1-2-13-5-8-15(9-6-13)25(21,22)19-12-14-7-10-17(24-14)18(20)16-4-3-11-23-16/h3-11,18-20H,2,12H2,1H3. The molecule has 3 rings (SSSR count). The van der Waals surface area contributed by atoms with E-state index in [1.54, 1.807) is 12.1 Å². The van der Waals surface area contributed by atoms with Crippen LogP contribution >= 0.6 is 22.7 Å². The average molecular weight is 394 g/mol. The molecule has 2 N–H and O–H groups in total. The van der Waals surface area contributed by atoms with E-state index in [2.05, 4.69) is 4.72 Å². The first-order valence-corrected chi connectivity index (χ1v) is 11.1. The highest BCUT2D eigenvalue weighted by Crippen LogP contribution is 2.31. The van der Waals surface area contributed by atoms with Crippen molar-refractivity contribution in [3.05, 3.63) is 74.1 Å². The minimum absolute atomic E-state index is 0.208. The molecule has 0 radical (unpaired) electrons. The second kappa shape index (κ2) is 7.80. The van der Waals surface area contributed by atoms with Crippen LogP contribution in [-0.2, 0) is 23.0 Å². The summed E-state index contributed by atoms with van der Waals surface area (Å²) < 4.78 is 27.4. The van der Waals surface area contributed by atoms with Crippen molar-refractivity contribution in [1.82, 2.24) is 4.72 Å². The van der Waals surface area contributed by atoms with Gasteiger partial charge in [0.05, 0.1) is 4.90 Å². The van der Waals surface area contributed by atoms with Crippen LogP contribution in [-0.4, -0.2) is 13.5 Å². The second-order valence-electron chi connectivity index (χ2n) is 5.54. The van der Waals surface area contributed by atoms with Crippen LogP contribution in [0.3, 0.4) is 0 Å². The van der Waals surface area contributed by atoms with Gasteiger partial charge in [-0.2, -0.15) is 0 Å². The van der Waals surface area contributed by atoms with Crippen molar-refractivity contribution in [3.63, 3.8) is 0 Å². The van der Waals surface area contributed by atoms with E-state index >= 15 is 0 Å². The van der Waals surface area contributed by atoms with Crippen LogP contribution in [0.25, 0.3) is 0 Å². The molecule has 0 bridgehead atoms. The molecule has 132 valence electrons.